The molecule has 39 heavy (non-hydrogen) atoms. The maximum Gasteiger partial charge on any atom is 0.414 e. The van der Waals surface area contributed by atoms with Crippen molar-refractivity contribution >= 4 is 17.7 Å². The fraction of sp³-hybridized carbons (Fsp3) is 0.367. The summed E-state index contributed by atoms with van der Waals surface area (Å²) in [5, 5.41) is 12.2. The summed E-state index contributed by atoms with van der Waals surface area (Å²) >= 11 is 0. The monoisotopic (exact) mass is 531 g/mol. The summed E-state index contributed by atoms with van der Waals surface area (Å²) in [4.78, 5) is 29.6. The molecule has 0 N–H and O–H groups in total. The van der Waals surface area contributed by atoms with E-state index in [1.165, 1.54) is 13.3 Å². The molecule has 9 nitrogen and oxygen atoms in total. The second-order valence-corrected chi connectivity index (χ2v) is 10.1. The van der Waals surface area contributed by atoms with E-state index < -0.39 is 0 Å². The van der Waals surface area contributed by atoms with Crippen molar-refractivity contribution in [3.05, 3.63) is 88.4 Å². The second-order valence-electron chi connectivity index (χ2n) is 10.1. The number of ether oxygens (including phenoxy) is 3. The number of hydrogen-bond acceptors (Lipinski definition) is 6. The van der Waals surface area contributed by atoms with E-state index in [0.717, 1.165) is 21.5 Å². The number of aromatic nitrogens is 1. The lowest BCUT2D eigenvalue weighted by Gasteiger charge is -2.40. The minimum atomic E-state index is -0.336. The highest BCUT2D eigenvalue weighted by atomic mass is 16.6. The van der Waals surface area contributed by atoms with Crippen molar-refractivity contribution in [3.8, 4) is 11.5 Å². The van der Waals surface area contributed by atoms with Crippen molar-refractivity contribution < 1.29 is 28.5 Å². The van der Waals surface area contributed by atoms with Crippen LogP contribution >= 0.6 is 0 Å². The molecule has 2 aliphatic heterocycles. The number of pyridine rings is 1. The summed E-state index contributed by atoms with van der Waals surface area (Å²) in [5.41, 5.74) is 3.80. The van der Waals surface area contributed by atoms with Gasteiger partial charge in [0, 0.05) is 42.7 Å². The smallest absolute Gasteiger partial charge is 0.414 e. The van der Waals surface area contributed by atoms with Gasteiger partial charge in [0.2, 0.25) is 5.69 Å². The Hall–Kier alpha value is -4.27. The Bertz CT molecular complexity index is 1370. The van der Waals surface area contributed by atoms with Crippen LogP contribution < -0.4 is 19.1 Å². The molecule has 2 aromatic carbocycles. The fourth-order valence-corrected chi connectivity index (χ4v) is 5.41. The highest BCUT2D eigenvalue weighted by Crippen LogP contribution is 2.33. The maximum atomic E-state index is 13.4. The number of piperidine rings is 1. The number of rotatable bonds is 7. The van der Waals surface area contributed by atoms with E-state index in [1.54, 1.807) is 34.1 Å². The summed E-state index contributed by atoms with van der Waals surface area (Å²) in [5.74, 6) is 0.886. The van der Waals surface area contributed by atoms with Gasteiger partial charge in [0.15, 0.2) is 6.20 Å². The number of carbonyl (C=O) groups is 2. The molecule has 9 heteroatoms. The van der Waals surface area contributed by atoms with Crippen LogP contribution in [0.4, 0.5) is 10.5 Å². The van der Waals surface area contributed by atoms with Gasteiger partial charge >= 0.3 is 6.09 Å². The Balaban J connectivity index is 1.25. The number of fused-ring (bicyclic) bond motifs is 1. The number of anilines is 1. The molecule has 0 radical (unpaired) electrons. The zero-order chi connectivity index (χ0) is 27.5. The van der Waals surface area contributed by atoms with Gasteiger partial charge in [0.05, 0.1) is 23.9 Å². The predicted molar refractivity (Wildman–Crippen MR) is 145 cm³/mol. The fourth-order valence-electron chi connectivity index (χ4n) is 5.41. The van der Waals surface area contributed by atoms with E-state index >= 15 is 0 Å². The third-order valence-corrected chi connectivity index (χ3v) is 7.35. The van der Waals surface area contributed by atoms with Gasteiger partial charge in [-0.3, -0.25) is 9.69 Å². The second kappa shape index (κ2) is 11.2. The van der Waals surface area contributed by atoms with Crippen LogP contribution in [0.15, 0.2) is 60.8 Å². The number of methoxy groups -OCH3 is 1. The van der Waals surface area contributed by atoms with Gasteiger partial charge in [0.25, 0.3) is 5.91 Å². The van der Waals surface area contributed by atoms with E-state index in [9.17, 15) is 14.8 Å². The van der Waals surface area contributed by atoms with Crippen molar-refractivity contribution in [2.45, 2.75) is 51.9 Å². The Labute approximate surface area is 228 Å². The number of amides is 2. The van der Waals surface area contributed by atoms with Gasteiger partial charge in [-0.2, -0.15) is 4.73 Å². The quantitative estimate of drug-likeness (QED) is 0.321. The minimum absolute atomic E-state index is 0.0396. The van der Waals surface area contributed by atoms with E-state index in [0.29, 0.717) is 48.7 Å². The first kappa shape index (κ1) is 26.3. The average Bonchev–Trinajstić information content (AvgIpc) is 2.95. The van der Waals surface area contributed by atoms with Crippen molar-refractivity contribution in [1.29, 1.82) is 0 Å². The lowest BCUT2D eigenvalue weighted by molar-refractivity contribution is -0.615. The summed E-state index contributed by atoms with van der Waals surface area (Å²) in [6.07, 6.45) is 2.44. The van der Waals surface area contributed by atoms with Crippen LogP contribution in [0, 0.1) is 5.21 Å². The van der Waals surface area contributed by atoms with Crippen LogP contribution in [0.3, 0.4) is 0 Å². The van der Waals surface area contributed by atoms with Gasteiger partial charge in [0.1, 0.15) is 24.7 Å². The normalized spacial score (nSPS) is 15.6. The van der Waals surface area contributed by atoms with E-state index in [-0.39, 0.29) is 37.2 Å². The van der Waals surface area contributed by atoms with Crippen LogP contribution in [0.5, 0.6) is 11.5 Å². The molecular formula is C30H33N3O6. The highest BCUT2D eigenvalue weighted by molar-refractivity contribution is 5.97. The topological polar surface area (TPSA) is 95.2 Å². The van der Waals surface area contributed by atoms with Crippen LogP contribution in [0.25, 0.3) is 0 Å². The maximum absolute atomic E-state index is 13.4. The number of benzene rings is 2. The molecule has 3 heterocycles. The first-order valence-corrected chi connectivity index (χ1v) is 13.2. The third kappa shape index (κ3) is 5.34. The molecule has 1 aromatic heterocycles. The SMILES string of the molecule is COc1cc(OCc2ccc[n+]([O-])c2C(C)C)ccc1C(=O)N1CCC(N2C(=O)OCc3ccccc32)CC1. The molecule has 0 spiro atoms. The Kier molecular flexibility index (Phi) is 7.58. The molecule has 3 aromatic rings. The molecule has 0 aliphatic carbocycles. The van der Waals surface area contributed by atoms with Crippen molar-refractivity contribution in [2.24, 2.45) is 0 Å². The van der Waals surface area contributed by atoms with Crippen LogP contribution in [0.2, 0.25) is 0 Å². The molecule has 0 bridgehead atoms. The highest BCUT2D eigenvalue weighted by Gasteiger charge is 2.35. The average molecular weight is 532 g/mol. The summed E-state index contributed by atoms with van der Waals surface area (Å²) < 4.78 is 17.8. The van der Waals surface area contributed by atoms with Crippen molar-refractivity contribution in [2.75, 3.05) is 25.1 Å². The standard InChI is InChI=1S/C30H33N3O6/c1-20(2)28-22(8-6-14-32(28)36)19-38-24-10-11-25(27(17-24)37-3)29(34)31-15-12-23(13-16-31)33-26-9-5-4-7-21(26)18-39-30(33)35/h4-11,14,17,20,23H,12-13,15-16,18-19H2,1-3H3. The third-order valence-electron chi connectivity index (χ3n) is 7.35. The summed E-state index contributed by atoms with van der Waals surface area (Å²) in [7, 11) is 1.52. The molecule has 204 valence electrons. The lowest BCUT2D eigenvalue weighted by Crippen LogP contribution is -2.50. The van der Waals surface area contributed by atoms with Gasteiger partial charge < -0.3 is 24.3 Å². The van der Waals surface area contributed by atoms with Crippen molar-refractivity contribution in [3.63, 3.8) is 0 Å². The summed E-state index contributed by atoms with van der Waals surface area (Å²) in [6, 6.07) is 16.5. The Morgan fingerprint density at radius 2 is 1.90 bits per heavy atom. The molecule has 1 saturated heterocycles. The molecular weight excluding hydrogens is 498 g/mol. The zero-order valence-electron chi connectivity index (χ0n) is 22.5. The number of nitrogens with zero attached hydrogens (tertiary/aromatic N) is 3. The molecule has 0 atom stereocenters. The summed E-state index contributed by atoms with van der Waals surface area (Å²) in [6.45, 7) is 5.47. The van der Waals surface area contributed by atoms with E-state index in [1.807, 2.05) is 44.2 Å². The van der Waals surface area contributed by atoms with Crippen LogP contribution in [-0.2, 0) is 18.0 Å². The Morgan fingerprint density at radius 3 is 2.64 bits per heavy atom. The zero-order valence-corrected chi connectivity index (χ0v) is 22.5. The molecule has 2 aliphatic rings. The van der Waals surface area contributed by atoms with Crippen LogP contribution in [-0.4, -0.2) is 43.1 Å². The van der Waals surface area contributed by atoms with E-state index in [2.05, 4.69) is 0 Å². The van der Waals surface area contributed by atoms with Gasteiger partial charge in [-0.1, -0.05) is 32.0 Å². The molecule has 0 saturated carbocycles. The number of carbonyl (C=O) groups excluding carboxylic acids is 2. The number of hydrogen-bond donors (Lipinski definition) is 0. The number of likely N-dealkylation sites (tertiary alicyclic amines) is 1. The first-order chi connectivity index (χ1) is 18.9. The first-order valence-electron chi connectivity index (χ1n) is 13.2. The molecule has 2 amide bonds. The molecule has 0 unspecified atom stereocenters. The molecule has 1 fully saturated rings. The largest absolute Gasteiger partial charge is 0.618 e. The van der Waals surface area contributed by atoms with Gasteiger partial charge in [-0.05, 0) is 37.1 Å². The minimum Gasteiger partial charge on any atom is -0.618 e. The van der Waals surface area contributed by atoms with Crippen molar-refractivity contribution in [1.82, 2.24) is 4.90 Å². The Morgan fingerprint density at radius 1 is 1.13 bits per heavy atom. The van der Waals surface area contributed by atoms with Gasteiger partial charge in [-0.25, -0.2) is 4.79 Å². The molecule has 5 rings (SSSR count). The predicted octanol–water partition coefficient (Wildman–Crippen LogP) is 4.79. The lowest BCUT2D eigenvalue weighted by atomic mass is 10.00. The van der Waals surface area contributed by atoms with Crippen LogP contribution in [0.1, 0.15) is 59.8 Å². The number of cyclic esters (lactones) is 1. The number of para-hydroxylation sites is 1. The van der Waals surface area contributed by atoms with E-state index in [4.69, 9.17) is 14.2 Å². The van der Waals surface area contributed by atoms with Gasteiger partial charge in [-0.15, -0.1) is 0 Å².